The van der Waals surface area contributed by atoms with Crippen LogP contribution in [0.15, 0.2) is 60.7 Å². The van der Waals surface area contributed by atoms with Gasteiger partial charge in [0.05, 0.1) is 6.10 Å². The highest BCUT2D eigenvalue weighted by atomic mass is 16.4. The number of carbonyl (C=O) groups is 1. The second-order valence-electron chi connectivity index (χ2n) is 6.43. The van der Waals surface area contributed by atoms with Crippen molar-refractivity contribution < 1.29 is 30.3 Å². The molecule has 0 saturated carbocycles. The van der Waals surface area contributed by atoms with E-state index in [1.807, 2.05) is 0 Å². The standard InChI is InChI=1S/C20H24O6/c21-13-17(23)20(26,12-15-9-5-2-6-10-15)19(25)18(24)16(22)11-14-7-3-1-4-8-14/h1-10,13,16-19,22-26H,11-12H2/t16?,17-,18+,19+,20+/m0/s1. The largest absolute Gasteiger partial charge is 0.390 e. The van der Waals surface area contributed by atoms with Gasteiger partial charge in [-0.3, -0.25) is 0 Å². The van der Waals surface area contributed by atoms with E-state index in [9.17, 15) is 30.3 Å². The fourth-order valence-electron chi connectivity index (χ4n) is 2.91. The van der Waals surface area contributed by atoms with Crippen LogP contribution >= 0.6 is 0 Å². The van der Waals surface area contributed by atoms with E-state index in [2.05, 4.69) is 0 Å². The average Bonchev–Trinajstić information content (AvgIpc) is 2.67. The predicted octanol–water partition coefficient (Wildman–Crippen LogP) is -0.155. The van der Waals surface area contributed by atoms with Crippen LogP contribution in [0.2, 0.25) is 0 Å². The molecule has 5 atom stereocenters. The first-order valence-electron chi connectivity index (χ1n) is 8.36. The van der Waals surface area contributed by atoms with Gasteiger partial charge in [-0.1, -0.05) is 60.7 Å². The Labute approximate surface area is 152 Å². The van der Waals surface area contributed by atoms with Crippen LogP contribution in [0.3, 0.4) is 0 Å². The summed E-state index contributed by atoms with van der Waals surface area (Å²) in [7, 11) is 0. The Morgan fingerprint density at radius 1 is 0.846 bits per heavy atom. The quantitative estimate of drug-likeness (QED) is 0.397. The molecule has 0 amide bonds. The number of aliphatic hydroxyl groups excluding tert-OH is 4. The van der Waals surface area contributed by atoms with E-state index in [0.717, 1.165) is 5.56 Å². The van der Waals surface area contributed by atoms with Crippen LogP contribution in [0.4, 0.5) is 0 Å². The fourth-order valence-corrected chi connectivity index (χ4v) is 2.91. The molecule has 2 aromatic carbocycles. The summed E-state index contributed by atoms with van der Waals surface area (Å²) in [6, 6.07) is 17.3. The lowest BCUT2D eigenvalue weighted by atomic mass is 9.80. The smallest absolute Gasteiger partial charge is 0.151 e. The van der Waals surface area contributed by atoms with Crippen molar-refractivity contribution >= 4 is 6.29 Å². The zero-order chi connectivity index (χ0) is 19.2. The molecular formula is C20H24O6. The lowest BCUT2D eigenvalue weighted by Gasteiger charge is -2.38. The van der Waals surface area contributed by atoms with Crippen molar-refractivity contribution in [3.05, 3.63) is 71.8 Å². The summed E-state index contributed by atoms with van der Waals surface area (Å²) >= 11 is 0. The maximum atomic E-state index is 11.1. The molecule has 6 nitrogen and oxygen atoms in total. The molecule has 0 fully saturated rings. The Morgan fingerprint density at radius 2 is 1.35 bits per heavy atom. The van der Waals surface area contributed by atoms with E-state index in [0.29, 0.717) is 5.56 Å². The Bertz CT molecular complexity index is 677. The Kier molecular flexibility index (Phi) is 7.02. The third-order valence-corrected chi connectivity index (χ3v) is 4.49. The van der Waals surface area contributed by atoms with Gasteiger partial charge in [0.2, 0.25) is 0 Å². The van der Waals surface area contributed by atoms with Crippen molar-refractivity contribution in [3.63, 3.8) is 0 Å². The Morgan fingerprint density at radius 3 is 1.85 bits per heavy atom. The average molecular weight is 360 g/mol. The van der Waals surface area contributed by atoms with E-state index in [1.165, 1.54) is 0 Å². The molecule has 6 heteroatoms. The van der Waals surface area contributed by atoms with Gasteiger partial charge in [-0.05, 0) is 11.1 Å². The first kappa shape index (κ1) is 20.2. The minimum absolute atomic E-state index is 0.0394. The zero-order valence-electron chi connectivity index (χ0n) is 14.2. The number of benzene rings is 2. The summed E-state index contributed by atoms with van der Waals surface area (Å²) < 4.78 is 0. The SMILES string of the molecule is O=C[C@H](O)[C@](O)(Cc1ccccc1)[C@H](O)[C@H](O)C(O)Cc1ccccc1. The Hall–Kier alpha value is -2.09. The molecule has 2 rings (SSSR count). The summed E-state index contributed by atoms with van der Waals surface area (Å²) in [4.78, 5) is 11.1. The molecule has 2 aromatic rings. The van der Waals surface area contributed by atoms with Gasteiger partial charge in [0, 0.05) is 12.8 Å². The Balaban J connectivity index is 2.19. The number of aliphatic hydroxyl groups is 5. The molecule has 0 aliphatic carbocycles. The van der Waals surface area contributed by atoms with Crippen LogP contribution in [0.5, 0.6) is 0 Å². The van der Waals surface area contributed by atoms with E-state index in [-0.39, 0.29) is 19.1 Å². The van der Waals surface area contributed by atoms with Gasteiger partial charge in [0.1, 0.15) is 23.9 Å². The highest BCUT2D eigenvalue weighted by Gasteiger charge is 2.47. The van der Waals surface area contributed by atoms with E-state index >= 15 is 0 Å². The molecule has 0 radical (unpaired) electrons. The van der Waals surface area contributed by atoms with Crippen molar-refractivity contribution in [3.8, 4) is 0 Å². The van der Waals surface area contributed by atoms with E-state index in [4.69, 9.17) is 0 Å². The first-order valence-corrected chi connectivity index (χ1v) is 8.36. The molecule has 26 heavy (non-hydrogen) atoms. The number of hydrogen-bond acceptors (Lipinski definition) is 6. The van der Waals surface area contributed by atoms with Gasteiger partial charge in [0.25, 0.3) is 0 Å². The first-order chi connectivity index (χ1) is 12.4. The van der Waals surface area contributed by atoms with Gasteiger partial charge in [-0.25, -0.2) is 0 Å². The second-order valence-corrected chi connectivity index (χ2v) is 6.43. The molecule has 0 bridgehead atoms. The van der Waals surface area contributed by atoms with E-state index < -0.39 is 30.0 Å². The van der Waals surface area contributed by atoms with Crippen molar-refractivity contribution in [2.45, 2.75) is 42.9 Å². The van der Waals surface area contributed by atoms with Gasteiger partial charge in [-0.2, -0.15) is 0 Å². The van der Waals surface area contributed by atoms with Crippen LogP contribution < -0.4 is 0 Å². The molecule has 0 saturated heterocycles. The topological polar surface area (TPSA) is 118 Å². The highest BCUT2D eigenvalue weighted by Crippen LogP contribution is 2.25. The van der Waals surface area contributed by atoms with Crippen LogP contribution in [0.25, 0.3) is 0 Å². The van der Waals surface area contributed by atoms with Gasteiger partial charge in [0.15, 0.2) is 6.29 Å². The van der Waals surface area contributed by atoms with Gasteiger partial charge in [-0.15, -0.1) is 0 Å². The molecule has 0 spiro atoms. The van der Waals surface area contributed by atoms with Crippen LogP contribution in [0, 0.1) is 0 Å². The van der Waals surface area contributed by atoms with Crippen LogP contribution in [-0.2, 0) is 17.6 Å². The van der Waals surface area contributed by atoms with Crippen LogP contribution in [0.1, 0.15) is 11.1 Å². The minimum atomic E-state index is -2.35. The summed E-state index contributed by atoms with van der Waals surface area (Å²) in [5.41, 5.74) is -1.06. The number of hydrogen-bond donors (Lipinski definition) is 5. The van der Waals surface area contributed by atoms with Crippen molar-refractivity contribution in [1.82, 2.24) is 0 Å². The maximum absolute atomic E-state index is 11.1. The molecule has 0 aliphatic rings. The number of aldehydes is 1. The second kappa shape index (κ2) is 9.02. The van der Waals surface area contributed by atoms with Crippen molar-refractivity contribution in [1.29, 1.82) is 0 Å². The predicted molar refractivity (Wildman–Crippen MR) is 95.3 cm³/mol. The minimum Gasteiger partial charge on any atom is -0.390 e. The van der Waals surface area contributed by atoms with Crippen molar-refractivity contribution in [2.75, 3.05) is 0 Å². The molecule has 0 heterocycles. The maximum Gasteiger partial charge on any atom is 0.151 e. The highest BCUT2D eigenvalue weighted by molar-refractivity contribution is 5.58. The summed E-state index contributed by atoms with van der Waals surface area (Å²) in [6.07, 6.45) is -7.17. The van der Waals surface area contributed by atoms with Gasteiger partial charge >= 0.3 is 0 Å². The van der Waals surface area contributed by atoms with E-state index in [1.54, 1.807) is 60.7 Å². The lowest BCUT2D eigenvalue weighted by molar-refractivity contribution is -0.190. The normalized spacial score (nSPS) is 18.3. The zero-order valence-corrected chi connectivity index (χ0v) is 14.2. The molecule has 1 unspecified atom stereocenters. The molecule has 140 valence electrons. The van der Waals surface area contributed by atoms with Gasteiger partial charge < -0.3 is 30.3 Å². The molecular weight excluding hydrogens is 336 g/mol. The molecule has 0 aromatic heterocycles. The van der Waals surface area contributed by atoms with Crippen LogP contribution in [-0.4, -0.2) is 61.8 Å². The summed E-state index contributed by atoms with van der Waals surface area (Å²) in [5, 5.41) is 51.8. The summed E-state index contributed by atoms with van der Waals surface area (Å²) in [6.45, 7) is 0. The number of rotatable bonds is 9. The molecule has 5 N–H and O–H groups in total. The number of carbonyl (C=O) groups excluding carboxylic acids is 1. The third kappa shape index (κ3) is 4.75. The monoisotopic (exact) mass is 360 g/mol. The van der Waals surface area contributed by atoms with Crippen molar-refractivity contribution in [2.24, 2.45) is 0 Å². The molecule has 0 aliphatic heterocycles. The fraction of sp³-hybridized carbons (Fsp3) is 0.350. The third-order valence-electron chi connectivity index (χ3n) is 4.49. The lowest BCUT2D eigenvalue weighted by Crippen LogP contribution is -2.61. The summed E-state index contributed by atoms with van der Waals surface area (Å²) in [5.74, 6) is 0.